The molecule has 0 aliphatic heterocycles. The van der Waals surface area contributed by atoms with Crippen molar-refractivity contribution in [2.24, 2.45) is 0 Å². The second-order valence-corrected chi connectivity index (χ2v) is 3.39. The van der Waals surface area contributed by atoms with E-state index in [4.69, 9.17) is 5.26 Å². The van der Waals surface area contributed by atoms with E-state index in [9.17, 15) is 13.2 Å². The molecule has 1 rings (SSSR count). The van der Waals surface area contributed by atoms with Crippen molar-refractivity contribution in [3.63, 3.8) is 0 Å². The highest BCUT2D eigenvalue weighted by atomic mass is 19.4. The van der Waals surface area contributed by atoms with Crippen LogP contribution >= 0.6 is 0 Å². The number of aromatic nitrogens is 2. The van der Waals surface area contributed by atoms with E-state index >= 15 is 0 Å². The van der Waals surface area contributed by atoms with Gasteiger partial charge in [0.15, 0.2) is 0 Å². The molecule has 1 aromatic rings. The maximum atomic E-state index is 12.3. The number of nitriles is 1. The number of alkyl halides is 3. The summed E-state index contributed by atoms with van der Waals surface area (Å²) in [4.78, 5) is 8.52. The molecule has 1 aromatic heterocycles. The zero-order valence-corrected chi connectivity index (χ0v) is 9.20. The molecule has 0 saturated carbocycles. The third-order valence-electron chi connectivity index (χ3n) is 1.90. The Kier molecular flexibility index (Phi) is 4.26. The topological polar surface area (TPSA) is 52.8 Å². The lowest BCUT2D eigenvalue weighted by Gasteiger charge is -2.23. The summed E-state index contributed by atoms with van der Waals surface area (Å²) in [5, 5.41) is 8.63. The Labute approximate surface area is 96.7 Å². The molecule has 0 bridgehead atoms. The van der Waals surface area contributed by atoms with E-state index in [0.717, 1.165) is 4.90 Å². The first-order valence-corrected chi connectivity index (χ1v) is 5.01. The van der Waals surface area contributed by atoms with Crippen molar-refractivity contribution >= 4 is 5.95 Å². The summed E-state index contributed by atoms with van der Waals surface area (Å²) in [7, 11) is 0. The number of nitrogens with zero attached hydrogens (tertiary/aromatic N) is 4. The zero-order valence-electron chi connectivity index (χ0n) is 9.20. The standard InChI is InChI=1S/C10H11F3N4/c1-2-5-17(7-10(11,12)13)9-15-4-3-8(6-14)16-9/h3-4H,2,5,7H2,1H3. The molecule has 92 valence electrons. The molecule has 17 heavy (non-hydrogen) atoms. The maximum absolute atomic E-state index is 12.3. The van der Waals surface area contributed by atoms with E-state index < -0.39 is 12.7 Å². The minimum absolute atomic E-state index is 0.0540. The van der Waals surface area contributed by atoms with Crippen LogP contribution in [0.15, 0.2) is 12.3 Å². The first-order chi connectivity index (χ1) is 7.96. The second kappa shape index (κ2) is 5.48. The number of halogens is 3. The van der Waals surface area contributed by atoms with Crippen molar-refractivity contribution in [2.75, 3.05) is 18.0 Å². The van der Waals surface area contributed by atoms with Gasteiger partial charge in [-0.05, 0) is 12.5 Å². The van der Waals surface area contributed by atoms with Gasteiger partial charge in [0.2, 0.25) is 5.95 Å². The Bertz CT molecular complexity index is 411. The molecule has 4 nitrogen and oxygen atoms in total. The normalized spacial score (nSPS) is 11.0. The van der Waals surface area contributed by atoms with Gasteiger partial charge in [0.1, 0.15) is 18.3 Å². The average Bonchev–Trinajstić information content (AvgIpc) is 2.27. The molecule has 0 fully saturated rings. The third-order valence-corrected chi connectivity index (χ3v) is 1.90. The zero-order chi connectivity index (χ0) is 12.9. The van der Waals surface area contributed by atoms with E-state index in [0.29, 0.717) is 6.42 Å². The van der Waals surface area contributed by atoms with E-state index in [1.165, 1.54) is 12.3 Å². The van der Waals surface area contributed by atoms with Crippen molar-refractivity contribution in [1.29, 1.82) is 5.26 Å². The van der Waals surface area contributed by atoms with Crippen molar-refractivity contribution in [1.82, 2.24) is 9.97 Å². The van der Waals surface area contributed by atoms with Crippen LogP contribution in [0.2, 0.25) is 0 Å². The molecule has 0 aliphatic rings. The Morgan fingerprint density at radius 2 is 2.18 bits per heavy atom. The molecule has 0 spiro atoms. The smallest absolute Gasteiger partial charge is 0.332 e. The van der Waals surface area contributed by atoms with Crippen LogP contribution in [0.25, 0.3) is 0 Å². The van der Waals surface area contributed by atoms with E-state index in [-0.39, 0.29) is 18.2 Å². The minimum atomic E-state index is -4.32. The third kappa shape index (κ3) is 4.26. The molecule has 1 heterocycles. The highest BCUT2D eigenvalue weighted by molar-refractivity contribution is 5.33. The first kappa shape index (κ1) is 13.2. The van der Waals surface area contributed by atoms with Crippen LogP contribution in [-0.2, 0) is 0 Å². The molecule has 0 radical (unpaired) electrons. The molecule has 7 heteroatoms. The van der Waals surface area contributed by atoms with Crippen LogP contribution in [0.4, 0.5) is 19.1 Å². The monoisotopic (exact) mass is 244 g/mol. The first-order valence-electron chi connectivity index (χ1n) is 5.01. The molecule has 0 N–H and O–H groups in total. The Balaban J connectivity index is 2.93. The van der Waals surface area contributed by atoms with Gasteiger partial charge in [-0.3, -0.25) is 0 Å². The van der Waals surface area contributed by atoms with Crippen LogP contribution in [0.1, 0.15) is 19.0 Å². The van der Waals surface area contributed by atoms with E-state index in [2.05, 4.69) is 9.97 Å². The SMILES string of the molecule is CCCN(CC(F)(F)F)c1nccc(C#N)n1. The van der Waals surface area contributed by atoms with Crippen LogP contribution in [-0.4, -0.2) is 29.2 Å². The lowest BCUT2D eigenvalue weighted by atomic mass is 10.4. The summed E-state index contributed by atoms with van der Waals surface area (Å²) in [5.41, 5.74) is 0.0540. The average molecular weight is 244 g/mol. The fourth-order valence-corrected chi connectivity index (χ4v) is 1.30. The van der Waals surface area contributed by atoms with Gasteiger partial charge in [-0.1, -0.05) is 6.92 Å². The van der Waals surface area contributed by atoms with Crippen LogP contribution in [0.5, 0.6) is 0 Å². The summed E-state index contributed by atoms with van der Waals surface area (Å²) in [6.45, 7) is 0.835. The van der Waals surface area contributed by atoms with E-state index in [1.54, 1.807) is 13.0 Å². The van der Waals surface area contributed by atoms with Gasteiger partial charge in [-0.2, -0.15) is 18.4 Å². The Morgan fingerprint density at radius 1 is 1.47 bits per heavy atom. The fourth-order valence-electron chi connectivity index (χ4n) is 1.30. The quantitative estimate of drug-likeness (QED) is 0.814. The molecule has 0 unspecified atom stereocenters. The molecule has 0 amide bonds. The van der Waals surface area contributed by atoms with Gasteiger partial charge < -0.3 is 4.90 Å². The summed E-state index contributed by atoms with van der Waals surface area (Å²) in [5.74, 6) is -0.0665. The highest BCUT2D eigenvalue weighted by Crippen LogP contribution is 2.19. The van der Waals surface area contributed by atoms with Crippen molar-refractivity contribution in [3.8, 4) is 6.07 Å². The van der Waals surface area contributed by atoms with Crippen LogP contribution in [0, 0.1) is 11.3 Å². The summed E-state index contributed by atoms with van der Waals surface area (Å²) < 4.78 is 37.0. The van der Waals surface area contributed by atoms with Crippen molar-refractivity contribution in [2.45, 2.75) is 19.5 Å². The van der Waals surface area contributed by atoms with Gasteiger partial charge >= 0.3 is 6.18 Å². The molecule has 0 aromatic carbocycles. The van der Waals surface area contributed by atoms with Gasteiger partial charge in [-0.25, -0.2) is 9.97 Å². The number of hydrogen-bond donors (Lipinski definition) is 0. The Hall–Kier alpha value is -1.84. The van der Waals surface area contributed by atoms with Crippen LogP contribution < -0.4 is 4.90 Å². The Morgan fingerprint density at radius 3 is 2.71 bits per heavy atom. The molecule has 0 saturated heterocycles. The summed E-state index contributed by atoms with van der Waals surface area (Å²) in [6.07, 6.45) is -2.50. The predicted molar refractivity (Wildman–Crippen MR) is 55.3 cm³/mol. The van der Waals surface area contributed by atoms with Gasteiger partial charge in [0, 0.05) is 12.7 Å². The molecular weight excluding hydrogens is 233 g/mol. The summed E-state index contributed by atoms with van der Waals surface area (Å²) in [6, 6.07) is 3.12. The number of anilines is 1. The number of hydrogen-bond acceptors (Lipinski definition) is 4. The van der Waals surface area contributed by atoms with Gasteiger partial charge in [-0.15, -0.1) is 0 Å². The van der Waals surface area contributed by atoms with Gasteiger partial charge in [0.25, 0.3) is 0 Å². The van der Waals surface area contributed by atoms with Crippen LogP contribution in [0.3, 0.4) is 0 Å². The predicted octanol–water partition coefficient (Wildman–Crippen LogP) is 2.13. The molecular formula is C10H11F3N4. The molecule has 0 atom stereocenters. The van der Waals surface area contributed by atoms with E-state index in [1.807, 2.05) is 0 Å². The lowest BCUT2D eigenvalue weighted by molar-refractivity contribution is -0.119. The second-order valence-electron chi connectivity index (χ2n) is 3.39. The lowest BCUT2D eigenvalue weighted by Crippen LogP contribution is -2.36. The maximum Gasteiger partial charge on any atom is 0.406 e. The highest BCUT2D eigenvalue weighted by Gasteiger charge is 2.31. The fraction of sp³-hybridized carbons (Fsp3) is 0.500. The summed E-state index contributed by atoms with van der Waals surface area (Å²) >= 11 is 0. The molecule has 0 aliphatic carbocycles. The number of rotatable bonds is 4. The van der Waals surface area contributed by atoms with Crippen molar-refractivity contribution in [3.05, 3.63) is 18.0 Å². The van der Waals surface area contributed by atoms with Gasteiger partial charge in [0.05, 0.1) is 0 Å². The largest absolute Gasteiger partial charge is 0.406 e. The minimum Gasteiger partial charge on any atom is -0.332 e. The van der Waals surface area contributed by atoms with Crippen molar-refractivity contribution < 1.29 is 13.2 Å².